The molecule has 1 aromatic carbocycles. The Morgan fingerprint density at radius 1 is 1.35 bits per heavy atom. The molecule has 1 aliphatic rings. The molecular weight excluding hydrogens is 232 g/mol. The van der Waals surface area contributed by atoms with Gasteiger partial charge in [-0.15, -0.1) is 12.4 Å². The third-order valence-electron chi connectivity index (χ3n) is 3.43. The maximum Gasteiger partial charge on any atom is 0.0237 e. The molecule has 0 bridgehead atoms. The van der Waals surface area contributed by atoms with Crippen LogP contribution in [0, 0.1) is 13.8 Å². The number of aryl methyl sites for hydroxylation is 2. The van der Waals surface area contributed by atoms with Crippen molar-refractivity contribution >= 4 is 12.4 Å². The van der Waals surface area contributed by atoms with Crippen LogP contribution in [0.2, 0.25) is 0 Å². The van der Waals surface area contributed by atoms with E-state index >= 15 is 0 Å². The summed E-state index contributed by atoms with van der Waals surface area (Å²) in [6.07, 6.45) is 2.43. The zero-order valence-electron chi connectivity index (χ0n) is 10.8. The minimum atomic E-state index is 0. The lowest BCUT2D eigenvalue weighted by molar-refractivity contribution is 0.201. The number of benzene rings is 1. The average Bonchev–Trinajstić information content (AvgIpc) is 2.22. The Morgan fingerprint density at radius 3 is 2.76 bits per heavy atom. The molecule has 1 atom stereocenters. The van der Waals surface area contributed by atoms with Gasteiger partial charge in [0.25, 0.3) is 0 Å². The fourth-order valence-electron chi connectivity index (χ4n) is 2.50. The molecule has 17 heavy (non-hydrogen) atoms. The molecule has 0 saturated carbocycles. The van der Waals surface area contributed by atoms with Gasteiger partial charge in [0.1, 0.15) is 0 Å². The number of likely N-dealkylation sites (tertiary alicyclic amines) is 1. The molecule has 2 nitrogen and oxygen atoms in total. The van der Waals surface area contributed by atoms with Crippen molar-refractivity contribution in [1.29, 1.82) is 0 Å². The summed E-state index contributed by atoms with van der Waals surface area (Å²) in [7, 11) is 0. The smallest absolute Gasteiger partial charge is 0.0237 e. The highest BCUT2D eigenvalue weighted by Gasteiger charge is 2.16. The van der Waals surface area contributed by atoms with Crippen molar-refractivity contribution in [3.63, 3.8) is 0 Å². The van der Waals surface area contributed by atoms with Crippen molar-refractivity contribution in [2.45, 2.75) is 39.3 Å². The van der Waals surface area contributed by atoms with Gasteiger partial charge in [0, 0.05) is 19.1 Å². The number of nitrogens with zero attached hydrogens (tertiary/aromatic N) is 1. The lowest BCUT2D eigenvalue weighted by atomic mass is 10.0. The summed E-state index contributed by atoms with van der Waals surface area (Å²) in [5.74, 6) is 0. The van der Waals surface area contributed by atoms with Gasteiger partial charge in [0.05, 0.1) is 0 Å². The van der Waals surface area contributed by atoms with Crippen LogP contribution >= 0.6 is 12.4 Å². The molecule has 2 rings (SSSR count). The van der Waals surface area contributed by atoms with E-state index in [1.807, 2.05) is 0 Å². The molecule has 0 aromatic heterocycles. The highest BCUT2D eigenvalue weighted by Crippen LogP contribution is 2.16. The van der Waals surface area contributed by atoms with Gasteiger partial charge in [-0.1, -0.05) is 23.8 Å². The number of hydrogen-bond donors (Lipinski definition) is 1. The number of halogens is 1. The summed E-state index contributed by atoms with van der Waals surface area (Å²) >= 11 is 0. The quantitative estimate of drug-likeness (QED) is 0.879. The van der Waals surface area contributed by atoms with Crippen molar-refractivity contribution in [3.05, 3.63) is 34.9 Å². The summed E-state index contributed by atoms with van der Waals surface area (Å²) < 4.78 is 0. The molecule has 0 radical (unpaired) electrons. The SMILES string of the molecule is Cc1ccc(CN2CCCC(N)C2)c(C)c1.Cl. The van der Waals surface area contributed by atoms with Gasteiger partial charge in [-0.3, -0.25) is 4.90 Å². The van der Waals surface area contributed by atoms with Crippen molar-refractivity contribution in [1.82, 2.24) is 4.90 Å². The Balaban J connectivity index is 0.00000144. The van der Waals surface area contributed by atoms with Gasteiger partial charge in [0.2, 0.25) is 0 Å². The minimum Gasteiger partial charge on any atom is -0.327 e. The van der Waals surface area contributed by atoms with Crippen LogP contribution in [0.4, 0.5) is 0 Å². The van der Waals surface area contributed by atoms with Crippen LogP contribution in [0.5, 0.6) is 0 Å². The highest BCUT2D eigenvalue weighted by atomic mass is 35.5. The average molecular weight is 255 g/mol. The van der Waals surface area contributed by atoms with E-state index in [1.54, 1.807) is 0 Å². The van der Waals surface area contributed by atoms with Gasteiger partial charge in [-0.05, 0) is 44.4 Å². The minimum absolute atomic E-state index is 0. The normalized spacial score (nSPS) is 21.0. The number of piperidine rings is 1. The van der Waals surface area contributed by atoms with E-state index in [2.05, 4.69) is 36.9 Å². The van der Waals surface area contributed by atoms with E-state index in [4.69, 9.17) is 5.73 Å². The summed E-state index contributed by atoms with van der Waals surface area (Å²) in [5.41, 5.74) is 10.2. The second-order valence-corrected chi connectivity index (χ2v) is 5.07. The Hall–Kier alpha value is -0.570. The first-order chi connectivity index (χ1) is 7.65. The summed E-state index contributed by atoms with van der Waals surface area (Å²) in [6, 6.07) is 7.09. The van der Waals surface area contributed by atoms with Crippen LogP contribution in [0.25, 0.3) is 0 Å². The molecule has 0 aliphatic carbocycles. The fourth-order valence-corrected chi connectivity index (χ4v) is 2.50. The summed E-state index contributed by atoms with van der Waals surface area (Å²) in [6.45, 7) is 7.65. The maximum absolute atomic E-state index is 6.00. The highest BCUT2D eigenvalue weighted by molar-refractivity contribution is 5.85. The molecule has 1 heterocycles. The van der Waals surface area contributed by atoms with Crippen LogP contribution in [0.15, 0.2) is 18.2 Å². The lowest BCUT2D eigenvalue weighted by Crippen LogP contribution is -2.42. The van der Waals surface area contributed by atoms with Gasteiger partial charge in [0.15, 0.2) is 0 Å². The molecule has 1 fully saturated rings. The number of rotatable bonds is 2. The molecule has 1 aromatic rings. The van der Waals surface area contributed by atoms with E-state index in [0.29, 0.717) is 6.04 Å². The van der Waals surface area contributed by atoms with Crippen molar-refractivity contribution in [2.75, 3.05) is 13.1 Å². The van der Waals surface area contributed by atoms with Crippen LogP contribution in [0.1, 0.15) is 29.5 Å². The second-order valence-electron chi connectivity index (χ2n) is 5.07. The Bertz CT molecular complexity index is 365. The summed E-state index contributed by atoms with van der Waals surface area (Å²) in [5, 5.41) is 0. The first-order valence-electron chi connectivity index (χ1n) is 6.19. The van der Waals surface area contributed by atoms with E-state index in [-0.39, 0.29) is 12.4 Å². The predicted molar refractivity (Wildman–Crippen MR) is 75.7 cm³/mol. The van der Waals surface area contributed by atoms with Gasteiger partial charge in [-0.25, -0.2) is 0 Å². The Labute approximate surface area is 111 Å². The van der Waals surface area contributed by atoms with Crippen molar-refractivity contribution < 1.29 is 0 Å². The van der Waals surface area contributed by atoms with E-state index in [9.17, 15) is 0 Å². The van der Waals surface area contributed by atoms with E-state index in [1.165, 1.54) is 36.1 Å². The molecule has 3 heteroatoms. The molecule has 1 aliphatic heterocycles. The van der Waals surface area contributed by atoms with Crippen molar-refractivity contribution in [2.24, 2.45) is 5.73 Å². The topological polar surface area (TPSA) is 29.3 Å². The lowest BCUT2D eigenvalue weighted by Gasteiger charge is -2.31. The largest absolute Gasteiger partial charge is 0.327 e. The Morgan fingerprint density at radius 2 is 2.12 bits per heavy atom. The molecule has 0 amide bonds. The van der Waals surface area contributed by atoms with Crippen LogP contribution in [-0.4, -0.2) is 24.0 Å². The molecule has 96 valence electrons. The third kappa shape index (κ3) is 3.98. The Kier molecular flexibility index (Phi) is 5.44. The monoisotopic (exact) mass is 254 g/mol. The predicted octanol–water partition coefficient (Wildman–Crippen LogP) is 2.65. The zero-order chi connectivity index (χ0) is 11.5. The molecule has 2 N–H and O–H groups in total. The fraction of sp³-hybridized carbons (Fsp3) is 0.571. The second kappa shape index (κ2) is 6.39. The van der Waals surface area contributed by atoms with E-state index < -0.39 is 0 Å². The van der Waals surface area contributed by atoms with Gasteiger partial charge >= 0.3 is 0 Å². The molecule has 1 unspecified atom stereocenters. The summed E-state index contributed by atoms with van der Waals surface area (Å²) in [4.78, 5) is 2.48. The molecule has 0 spiro atoms. The first-order valence-corrected chi connectivity index (χ1v) is 6.19. The number of hydrogen-bond acceptors (Lipinski definition) is 2. The van der Waals surface area contributed by atoms with Gasteiger partial charge in [-0.2, -0.15) is 0 Å². The first kappa shape index (κ1) is 14.5. The third-order valence-corrected chi connectivity index (χ3v) is 3.43. The standard InChI is InChI=1S/C14H22N2.ClH/c1-11-5-6-13(12(2)8-11)9-16-7-3-4-14(15)10-16;/h5-6,8,14H,3-4,7,9-10,15H2,1-2H3;1H. The molecule has 1 saturated heterocycles. The number of nitrogens with two attached hydrogens (primary N) is 1. The van der Waals surface area contributed by atoms with E-state index in [0.717, 1.165) is 13.1 Å². The van der Waals surface area contributed by atoms with Crippen LogP contribution in [0.3, 0.4) is 0 Å². The molecular formula is C14H23ClN2. The van der Waals surface area contributed by atoms with Crippen molar-refractivity contribution in [3.8, 4) is 0 Å². The zero-order valence-corrected chi connectivity index (χ0v) is 11.6. The van der Waals surface area contributed by atoms with Crippen LogP contribution < -0.4 is 5.73 Å². The van der Waals surface area contributed by atoms with Crippen LogP contribution in [-0.2, 0) is 6.54 Å². The maximum atomic E-state index is 6.00. The van der Waals surface area contributed by atoms with Gasteiger partial charge < -0.3 is 5.73 Å².